The van der Waals surface area contributed by atoms with Gasteiger partial charge in [-0.3, -0.25) is 9.67 Å². The first-order chi connectivity index (χ1) is 10.8. The number of nitrogens with one attached hydrogen (secondary N) is 2. The SMILES string of the molecule is CN=C(NCCSC)NCc1cccc(Cn2cccn2)c1.I. The minimum atomic E-state index is 0. The molecule has 23 heavy (non-hydrogen) atoms. The van der Waals surface area contributed by atoms with Crippen LogP contribution in [-0.2, 0) is 13.1 Å². The minimum Gasteiger partial charge on any atom is -0.356 e. The lowest BCUT2D eigenvalue weighted by Gasteiger charge is -2.12. The van der Waals surface area contributed by atoms with Gasteiger partial charge in [0.05, 0.1) is 6.54 Å². The maximum atomic E-state index is 4.24. The molecule has 1 aromatic heterocycles. The highest BCUT2D eigenvalue weighted by atomic mass is 127. The van der Waals surface area contributed by atoms with Crippen molar-refractivity contribution in [1.29, 1.82) is 0 Å². The molecule has 1 aromatic carbocycles. The highest BCUT2D eigenvalue weighted by Crippen LogP contribution is 2.07. The zero-order valence-corrected chi connectivity index (χ0v) is 16.7. The van der Waals surface area contributed by atoms with Crippen LogP contribution in [0.5, 0.6) is 0 Å². The van der Waals surface area contributed by atoms with Gasteiger partial charge in [-0.1, -0.05) is 24.3 Å². The normalized spacial score (nSPS) is 11.0. The van der Waals surface area contributed by atoms with Crippen LogP contribution in [0.15, 0.2) is 47.7 Å². The first-order valence-corrected chi connectivity index (χ1v) is 8.70. The van der Waals surface area contributed by atoms with Crippen molar-refractivity contribution in [3.8, 4) is 0 Å². The van der Waals surface area contributed by atoms with Crippen molar-refractivity contribution in [2.75, 3.05) is 25.6 Å². The summed E-state index contributed by atoms with van der Waals surface area (Å²) in [4.78, 5) is 4.23. The molecular formula is C16H24IN5S. The molecule has 2 N–H and O–H groups in total. The van der Waals surface area contributed by atoms with E-state index in [1.54, 1.807) is 13.2 Å². The fourth-order valence-electron chi connectivity index (χ4n) is 2.10. The first kappa shape index (κ1) is 19.8. The molecule has 0 spiro atoms. The van der Waals surface area contributed by atoms with Gasteiger partial charge in [-0.05, 0) is 23.4 Å². The van der Waals surface area contributed by atoms with Gasteiger partial charge in [-0.15, -0.1) is 24.0 Å². The molecule has 5 nitrogen and oxygen atoms in total. The Kier molecular flexibility index (Phi) is 9.77. The summed E-state index contributed by atoms with van der Waals surface area (Å²) >= 11 is 1.82. The molecule has 0 fully saturated rings. The lowest BCUT2D eigenvalue weighted by Crippen LogP contribution is -2.37. The molecule has 0 aliphatic heterocycles. The van der Waals surface area contributed by atoms with E-state index in [2.05, 4.69) is 51.2 Å². The molecule has 0 amide bonds. The summed E-state index contributed by atoms with van der Waals surface area (Å²) < 4.78 is 1.93. The quantitative estimate of drug-likeness (QED) is 0.298. The van der Waals surface area contributed by atoms with E-state index in [9.17, 15) is 0 Å². The summed E-state index contributed by atoms with van der Waals surface area (Å²) in [7, 11) is 1.79. The Morgan fingerprint density at radius 1 is 1.26 bits per heavy atom. The largest absolute Gasteiger partial charge is 0.356 e. The summed E-state index contributed by atoms with van der Waals surface area (Å²) in [6, 6.07) is 10.5. The Morgan fingerprint density at radius 3 is 2.78 bits per heavy atom. The smallest absolute Gasteiger partial charge is 0.191 e. The lowest BCUT2D eigenvalue weighted by molar-refractivity contribution is 0.685. The molecule has 0 aliphatic rings. The van der Waals surface area contributed by atoms with Gasteiger partial charge < -0.3 is 10.6 Å². The van der Waals surface area contributed by atoms with E-state index in [1.807, 2.05) is 28.7 Å². The van der Waals surface area contributed by atoms with Crippen LogP contribution < -0.4 is 10.6 Å². The van der Waals surface area contributed by atoms with Crippen LogP contribution in [0.4, 0.5) is 0 Å². The number of hydrogen-bond acceptors (Lipinski definition) is 3. The fourth-order valence-corrected chi connectivity index (χ4v) is 2.40. The Labute approximate surface area is 159 Å². The molecular weight excluding hydrogens is 421 g/mol. The lowest BCUT2D eigenvalue weighted by atomic mass is 10.1. The van der Waals surface area contributed by atoms with Crippen molar-refractivity contribution < 1.29 is 0 Å². The van der Waals surface area contributed by atoms with Gasteiger partial charge >= 0.3 is 0 Å². The van der Waals surface area contributed by atoms with Crippen molar-refractivity contribution in [1.82, 2.24) is 20.4 Å². The van der Waals surface area contributed by atoms with Gasteiger partial charge in [0, 0.05) is 38.3 Å². The molecule has 0 radical (unpaired) electrons. The highest BCUT2D eigenvalue weighted by Gasteiger charge is 2.00. The van der Waals surface area contributed by atoms with Gasteiger partial charge in [0.1, 0.15) is 0 Å². The number of hydrogen-bond donors (Lipinski definition) is 2. The number of halogens is 1. The van der Waals surface area contributed by atoms with Gasteiger partial charge in [-0.2, -0.15) is 16.9 Å². The van der Waals surface area contributed by atoms with Gasteiger partial charge in [0.25, 0.3) is 0 Å². The number of aliphatic imine (C=N–C) groups is 1. The predicted molar refractivity (Wildman–Crippen MR) is 110 cm³/mol. The molecule has 0 saturated carbocycles. The van der Waals surface area contributed by atoms with Gasteiger partial charge in [0.2, 0.25) is 0 Å². The van der Waals surface area contributed by atoms with Gasteiger partial charge in [0.15, 0.2) is 5.96 Å². The first-order valence-electron chi connectivity index (χ1n) is 7.30. The van der Waals surface area contributed by atoms with Crippen molar-refractivity contribution in [2.24, 2.45) is 4.99 Å². The number of rotatable bonds is 7. The Morgan fingerprint density at radius 2 is 2.09 bits per heavy atom. The van der Waals surface area contributed by atoms with Crippen molar-refractivity contribution in [3.63, 3.8) is 0 Å². The molecule has 0 unspecified atom stereocenters. The van der Waals surface area contributed by atoms with Crippen LogP contribution in [0.3, 0.4) is 0 Å². The zero-order valence-electron chi connectivity index (χ0n) is 13.5. The summed E-state index contributed by atoms with van der Waals surface area (Å²) in [5.74, 6) is 1.91. The summed E-state index contributed by atoms with van der Waals surface area (Å²) in [5, 5.41) is 10.9. The molecule has 0 atom stereocenters. The molecule has 126 valence electrons. The van der Waals surface area contributed by atoms with E-state index in [-0.39, 0.29) is 24.0 Å². The van der Waals surface area contributed by atoms with E-state index in [1.165, 1.54) is 11.1 Å². The van der Waals surface area contributed by atoms with Crippen molar-refractivity contribution in [3.05, 3.63) is 53.9 Å². The second kappa shape index (κ2) is 11.3. The monoisotopic (exact) mass is 445 g/mol. The summed E-state index contributed by atoms with van der Waals surface area (Å²) in [6.07, 6.45) is 5.88. The van der Waals surface area contributed by atoms with Crippen molar-refractivity contribution >= 4 is 41.7 Å². The van der Waals surface area contributed by atoms with Crippen LogP contribution in [0, 0.1) is 0 Å². The molecule has 0 aliphatic carbocycles. The molecule has 1 heterocycles. The fraction of sp³-hybridized carbons (Fsp3) is 0.375. The second-order valence-corrected chi connectivity index (χ2v) is 5.85. The van der Waals surface area contributed by atoms with Crippen LogP contribution >= 0.6 is 35.7 Å². The van der Waals surface area contributed by atoms with Gasteiger partial charge in [-0.25, -0.2) is 0 Å². The number of thioether (sulfide) groups is 1. The van der Waals surface area contributed by atoms with E-state index >= 15 is 0 Å². The standard InChI is InChI=1S/C16H23N5S.HI/c1-17-16(18-8-10-22-2)19-12-14-5-3-6-15(11-14)13-21-9-4-7-20-21;/h3-7,9,11H,8,10,12-13H2,1-2H3,(H2,17,18,19);1H. The number of nitrogens with zero attached hydrogens (tertiary/aromatic N) is 3. The van der Waals surface area contributed by atoms with Crippen LogP contribution in [0.25, 0.3) is 0 Å². The summed E-state index contributed by atoms with van der Waals surface area (Å²) in [6.45, 7) is 2.47. The molecule has 2 aromatic rings. The van der Waals surface area contributed by atoms with Crippen LogP contribution in [-0.4, -0.2) is 41.3 Å². The Hall–Kier alpha value is -1.22. The Balaban J connectivity index is 0.00000264. The Bertz CT molecular complexity index is 586. The molecule has 0 saturated heterocycles. The third-order valence-electron chi connectivity index (χ3n) is 3.18. The van der Waals surface area contributed by atoms with Crippen LogP contribution in [0.2, 0.25) is 0 Å². The van der Waals surface area contributed by atoms with E-state index in [4.69, 9.17) is 0 Å². The topological polar surface area (TPSA) is 54.2 Å². The number of aromatic nitrogens is 2. The summed E-state index contributed by atoms with van der Waals surface area (Å²) in [5.41, 5.74) is 2.48. The molecule has 0 bridgehead atoms. The maximum absolute atomic E-state index is 4.24. The predicted octanol–water partition coefficient (Wildman–Crippen LogP) is 2.58. The van der Waals surface area contributed by atoms with Crippen LogP contribution in [0.1, 0.15) is 11.1 Å². The number of guanidine groups is 1. The van der Waals surface area contributed by atoms with E-state index in [0.717, 1.165) is 31.3 Å². The van der Waals surface area contributed by atoms with E-state index < -0.39 is 0 Å². The highest BCUT2D eigenvalue weighted by molar-refractivity contribution is 14.0. The number of benzene rings is 1. The second-order valence-electron chi connectivity index (χ2n) is 4.87. The van der Waals surface area contributed by atoms with Crippen molar-refractivity contribution in [2.45, 2.75) is 13.1 Å². The zero-order chi connectivity index (χ0) is 15.6. The average Bonchev–Trinajstić information content (AvgIpc) is 3.04. The third-order valence-corrected chi connectivity index (χ3v) is 3.79. The average molecular weight is 445 g/mol. The molecule has 7 heteroatoms. The third kappa shape index (κ3) is 7.26. The maximum Gasteiger partial charge on any atom is 0.191 e. The minimum absolute atomic E-state index is 0. The molecule has 2 rings (SSSR count). The van der Waals surface area contributed by atoms with E-state index in [0.29, 0.717) is 0 Å².